The molecule has 0 radical (unpaired) electrons. The summed E-state index contributed by atoms with van der Waals surface area (Å²) in [7, 11) is 0. The third kappa shape index (κ3) is 2.33. The molecule has 0 unspecified atom stereocenters. The van der Waals surface area contributed by atoms with E-state index in [1.54, 1.807) is 12.1 Å². The van der Waals surface area contributed by atoms with E-state index in [1.165, 1.54) is 0 Å². The first-order chi connectivity index (χ1) is 7.79. The van der Waals surface area contributed by atoms with Crippen molar-refractivity contribution in [2.75, 3.05) is 0 Å². The fraction of sp³-hybridized carbons (Fsp3) is 0. The summed E-state index contributed by atoms with van der Waals surface area (Å²) >= 11 is 4.11. The molecule has 2 rings (SSSR count). The SMILES string of the molecule is N#Cc1nc(Oc2ccccc2)ccc1S. The predicted molar refractivity (Wildman–Crippen MR) is 62.7 cm³/mol. The van der Waals surface area contributed by atoms with Gasteiger partial charge in [0.1, 0.15) is 11.8 Å². The van der Waals surface area contributed by atoms with E-state index in [2.05, 4.69) is 17.6 Å². The van der Waals surface area contributed by atoms with Crippen molar-refractivity contribution in [2.24, 2.45) is 0 Å². The molecule has 0 aliphatic heterocycles. The lowest BCUT2D eigenvalue weighted by Crippen LogP contribution is -1.91. The molecule has 4 heteroatoms. The Labute approximate surface area is 98.7 Å². The number of nitrogens with zero attached hydrogens (tertiary/aromatic N) is 2. The fourth-order valence-corrected chi connectivity index (χ4v) is 1.36. The number of ether oxygens (including phenoxy) is 1. The van der Waals surface area contributed by atoms with Crippen molar-refractivity contribution in [1.29, 1.82) is 5.26 Å². The number of rotatable bonds is 2. The molecule has 2 aromatic rings. The molecule has 0 atom stereocenters. The van der Waals surface area contributed by atoms with E-state index in [0.29, 0.717) is 16.5 Å². The van der Waals surface area contributed by atoms with Crippen LogP contribution in [-0.2, 0) is 0 Å². The van der Waals surface area contributed by atoms with Crippen LogP contribution in [0.1, 0.15) is 5.69 Å². The zero-order valence-corrected chi connectivity index (χ0v) is 9.19. The molecule has 3 nitrogen and oxygen atoms in total. The smallest absolute Gasteiger partial charge is 0.220 e. The Balaban J connectivity index is 2.27. The Morgan fingerprint density at radius 3 is 2.56 bits per heavy atom. The first-order valence-electron chi connectivity index (χ1n) is 4.62. The van der Waals surface area contributed by atoms with Gasteiger partial charge in [-0.15, -0.1) is 12.6 Å². The zero-order valence-electron chi connectivity index (χ0n) is 8.29. The summed E-state index contributed by atoms with van der Waals surface area (Å²) in [4.78, 5) is 4.57. The van der Waals surface area contributed by atoms with Crippen molar-refractivity contribution in [3.05, 3.63) is 48.2 Å². The van der Waals surface area contributed by atoms with Crippen LogP contribution in [0.2, 0.25) is 0 Å². The van der Waals surface area contributed by atoms with Crippen LogP contribution in [-0.4, -0.2) is 4.98 Å². The minimum Gasteiger partial charge on any atom is -0.439 e. The average molecular weight is 228 g/mol. The van der Waals surface area contributed by atoms with E-state index >= 15 is 0 Å². The Morgan fingerprint density at radius 2 is 1.88 bits per heavy atom. The van der Waals surface area contributed by atoms with E-state index in [-0.39, 0.29) is 5.69 Å². The molecule has 0 saturated heterocycles. The summed E-state index contributed by atoms with van der Waals surface area (Å²) in [6.07, 6.45) is 0. The molecule has 1 aromatic carbocycles. The zero-order chi connectivity index (χ0) is 11.4. The van der Waals surface area contributed by atoms with Gasteiger partial charge in [-0.05, 0) is 18.2 Å². The van der Waals surface area contributed by atoms with Crippen molar-refractivity contribution in [3.63, 3.8) is 0 Å². The van der Waals surface area contributed by atoms with Gasteiger partial charge in [0.05, 0.1) is 0 Å². The minimum absolute atomic E-state index is 0.261. The summed E-state index contributed by atoms with van der Waals surface area (Å²) in [5, 5.41) is 8.79. The number of para-hydroxylation sites is 1. The Bertz CT molecular complexity index is 534. The van der Waals surface area contributed by atoms with Crippen molar-refractivity contribution >= 4 is 12.6 Å². The standard InChI is InChI=1S/C12H8N2OS/c13-8-10-11(16)6-7-12(14-10)15-9-4-2-1-3-5-9/h1-7,16H. The van der Waals surface area contributed by atoms with Gasteiger partial charge >= 0.3 is 0 Å². The lowest BCUT2D eigenvalue weighted by atomic mass is 10.3. The molecule has 1 heterocycles. The Kier molecular flexibility index (Phi) is 3.08. The molecule has 0 spiro atoms. The molecule has 0 N–H and O–H groups in total. The first kappa shape index (κ1) is 10.5. The second-order valence-corrected chi connectivity index (χ2v) is 3.53. The van der Waals surface area contributed by atoms with Crippen LogP contribution in [0.15, 0.2) is 47.4 Å². The van der Waals surface area contributed by atoms with Gasteiger partial charge in [0.25, 0.3) is 0 Å². The molecular formula is C12H8N2OS. The number of hydrogen-bond acceptors (Lipinski definition) is 4. The van der Waals surface area contributed by atoms with E-state index in [9.17, 15) is 0 Å². The average Bonchev–Trinajstić information content (AvgIpc) is 2.33. The largest absolute Gasteiger partial charge is 0.439 e. The van der Waals surface area contributed by atoms with Gasteiger partial charge in [0.15, 0.2) is 5.69 Å². The van der Waals surface area contributed by atoms with Crippen LogP contribution >= 0.6 is 12.6 Å². The van der Waals surface area contributed by atoms with Gasteiger partial charge in [0.2, 0.25) is 5.88 Å². The molecule has 78 valence electrons. The number of benzene rings is 1. The normalized spacial score (nSPS) is 9.50. The Hall–Kier alpha value is -1.99. The number of hydrogen-bond donors (Lipinski definition) is 1. The van der Waals surface area contributed by atoms with Gasteiger partial charge < -0.3 is 4.74 Å². The van der Waals surface area contributed by atoms with Crippen LogP contribution in [0.3, 0.4) is 0 Å². The van der Waals surface area contributed by atoms with Crippen LogP contribution in [0.5, 0.6) is 11.6 Å². The van der Waals surface area contributed by atoms with Gasteiger partial charge in [-0.3, -0.25) is 0 Å². The lowest BCUT2D eigenvalue weighted by molar-refractivity contribution is 0.461. The highest BCUT2D eigenvalue weighted by molar-refractivity contribution is 7.80. The van der Waals surface area contributed by atoms with E-state index in [1.807, 2.05) is 36.4 Å². The van der Waals surface area contributed by atoms with E-state index in [4.69, 9.17) is 10.00 Å². The molecule has 0 saturated carbocycles. The highest BCUT2D eigenvalue weighted by atomic mass is 32.1. The Morgan fingerprint density at radius 1 is 1.12 bits per heavy atom. The van der Waals surface area contributed by atoms with Crippen molar-refractivity contribution in [2.45, 2.75) is 4.90 Å². The highest BCUT2D eigenvalue weighted by Crippen LogP contribution is 2.21. The van der Waals surface area contributed by atoms with Gasteiger partial charge in [-0.1, -0.05) is 18.2 Å². The van der Waals surface area contributed by atoms with Crippen LogP contribution < -0.4 is 4.74 Å². The molecule has 0 bridgehead atoms. The second-order valence-electron chi connectivity index (χ2n) is 3.04. The molecule has 0 aliphatic rings. The predicted octanol–water partition coefficient (Wildman–Crippen LogP) is 3.03. The van der Waals surface area contributed by atoms with Crippen molar-refractivity contribution in [3.8, 4) is 17.7 Å². The van der Waals surface area contributed by atoms with Crippen LogP contribution in [0, 0.1) is 11.3 Å². The number of pyridine rings is 1. The molecule has 16 heavy (non-hydrogen) atoms. The maximum Gasteiger partial charge on any atom is 0.220 e. The van der Waals surface area contributed by atoms with Crippen molar-refractivity contribution in [1.82, 2.24) is 4.98 Å². The highest BCUT2D eigenvalue weighted by Gasteiger charge is 2.03. The minimum atomic E-state index is 0.261. The summed E-state index contributed by atoms with van der Waals surface area (Å²) in [5.74, 6) is 1.08. The van der Waals surface area contributed by atoms with Gasteiger partial charge in [-0.25, -0.2) is 4.98 Å². The van der Waals surface area contributed by atoms with E-state index in [0.717, 1.165) is 0 Å². The van der Waals surface area contributed by atoms with E-state index < -0.39 is 0 Å². The first-order valence-corrected chi connectivity index (χ1v) is 5.07. The molecular weight excluding hydrogens is 220 g/mol. The summed E-state index contributed by atoms with van der Waals surface area (Å²) in [5.41, 5.74) is 0.261. The van der Waals surface area contributed by atoms with Gasteiger partial charge in [-0.2, -0.15) is 5.26 Å². The third-order valence-corrected chi connectivity index (χ3v) is 2.28. The number of aromatic nitrogens is 1. The summed E-state index contributed by atoms with van der Waals surface area (Å²) in [6.45, 7) is 0. The van der Waals surface area contributed by atoms with Crippen LogP contribution in [0.25, 0.3) is 0 Å². The maximum atomic E-state index is 8.79. The second kappa shape index (κ2) is 4.69. The monoisotopic (exact) mass is 228 g/mol. The third-order valence-electron chi connectivity index (χ3n) is 1.92. The number of nitriles is 1. The quantitative estimate of drug-likeness (QED) is 0.803. The maximum absolute atomic E-state index is 8.79. The van der Waals surface area contributed by atoms with Gasteiger partial charge in [0, 0.05) is 11.0 Å². The molecule has 0 amide bonds. The number of thiol groups is 1. The molecule has 1 aromatic heterocycles. The summed E-state index contributed by atoms with van der Waals surface area (Å²) in [6, 6.07) is 14.6. The lowest BCUT2D eigenvalue weighted by Gasteiger charge is -2.04. The fourth-order valence-electron chi connectivity index (χ4n) is 1.18. The molecule has 0 fully saturated rings. The van der Waals surface area contributed by atoms with Crippen LogP contribution in [0.4, 0.5) is 0 Å². The summed E-state index contributed by atoms with van der Waals surface area (Å²) < 4.78 is 5.48. The topological polar surface area (TPSA) is 45.9 Å². The molecule has 0 aliphatic carbocycles. The van der Waals surface area contributed by atoms with Crippen molar-refractivity contribution < 1.29 is 4.74 Å².